The van der Waals surface area contributed by atoms with Crippen LogP contribution in [-0.4, -0.2) is 28.8 Å². The highest BCUT2D eigenvalue weighted by atomic mass is 32.2. The minimum Gasteiger partial charge on any atom is -0.370 e. The van der Waals surface area contributed by atoms with Gasteiger partial charge in [0.05, 0.1) is 0 Å². The van der Waals surface area contributed by atoms with E-state index in [1.807, 2.05) is 12.3 Å². The van der Waals surface area contributed by atoms with Crippen molar-refractivity contribution in [1.82, 2.24) is 9.97 Å². The van der Waals surface area contributed by atoms with Crippen molar-refractivity contribution >= 4 is 23.4 Å². The van der Waals surface area contributed by atoms with Crippen LogP contribution in [0.5, 0.6) is 0 Å². The number of aromatic nitrogens is 2. The molecule has 0 spiro atoms. The molecule has 2 unspecified atom stereocenters. The van der Waals surface area contributed by atoms with Crippen LogP contribution in [0.1, 0.15) is 46.0 Å². The van der Waals surface area contributed by atoms with Crippen LogP contribution in [0, 0.1) is 5.92 Å². The van der Waals surface area contributed by atoms with E-state index < -0.39 is 0 Å². The molecular weight excluding hydrogens is 268 g/mol. The fraction of sp³-hybridized carbons (Fsp3) is 0.733. The van der Waals surface area contributed by atoms with Gasteiger partial charge >= 0.3 is 0 Å². The molecule has 2 N–H and O–H groups in total. The summed E-state index contributed by atoms with van der Waals surface area (Å²) in [5.41, 5.74) is 0. The highest BCUT2D eigenvalue weighted by molar-refractivity contribution is 7.98. The van der Waals surface area contributed by atoms with Gasteiger partial charge in [-0.25, -0.2) is 9.97 Å². The maximum Gasteiger partial charge on any atom is 0.191 e. The van der Waals surface area contributed by atoms with E-state index in [1.165, 1.54) is 32.1 Å². The molecule has 1 fully saturated rings. The summed E-state index contributed by atoms with van der Waals surface area (Å²) in [6.07, 6.45) is 8.63. The highest BCUT2D eigenvalue weighted by Gasteiger charge is 2.20. The monoisotopic (exact) mass is 294 g/mol. The molecule has 1 aromatic heterocycles. The number of anilines is 2. The first-order valence-electron chi connectivity index (χ1n) is 7.66. The Morgan fingerprint density at radius 2 is 1.95 bits per heavy atom. The van der Waals surface area contributed by atoms with Crippen LogP contribution < -0.4 is 10.6 Å². The first kappa shape index (κ1) is 15.4. The second-order valence-corrected chi connectivity index (χ2v) is 6.29. The molecule has 112 valence electrons. The number of hydrogen-bond acceptors (Lipinski definition) is 5. The summed E-state index contributed by atoms with van der Waals surface area (Å²) in [5, 5.41) is 7.74. The van der Waals surface area contributed by atoms with Crippen LogP contribution in [0.15, 0.2) is 11.2 Å². The fourth-order valence-electron chi connectivity index (χ4n) is 2.76. The van der Waals surface area contributed by atoms with Gasteiger partial charge in [0.15, 0.2) is 5.16 Å². The van der Waals surface area contributed by atoms with Gasteiger partial charge in [-0.3, -0.25) is 0 Å². The number of rotatable bonds is 5. The Hall–Kier alpha value is -0.970. The normalized spacial score (nSPS) is 23.1. The molecule has 0 radical (unpaired) electrons. The van der Waals surface area contributed by atoms with E-state index >= 15 is 0 Å². The van der Waals surface area contributed by atoms with Crippen molar-refractivity contribution in [2.24, 2.45) is 5.92 Å². The molecule has 2 atom stereocenters. The quantitative estimate of drug-likeness (QED) is 0.488. The summed E-state index contributed by atoms with van der Waals surface area (Å²) in [4.78, 5) is 9.07. The Morgan fingerprint density at radius 3 is 2.70 bits per heavy atom. The zero-order valence-corrected chi connectivity index (χ0v) is 13.6. The molecule has 5 heteroatoms. The van der Waals surface area contributed by atoms with Crippen LogP contribution in [0.2, 0.25) is 0 Å². The summed E-state index contributed by atoms with van der Waals surface area (Å²) in [6, 6.07) is 2.57. The Balaban J connectivity index is 2.12. The van der Waals surface area contributed by atoms with E-state index in [2.05, 4.69) is 34.4 Å². The molecule has 1 aromatic rings. The molecule has 1 saturated carbocycles. The lowest BCUT2D eigenvalue weighted by Gasteiger charge is -2.23. The van der Waals surface area contributed by atoms with Gasteiger partial charge < -0.3 is 10.6 Å². The lowest BCUT2D eigenvalue weighted by molar-refractivity contribution is 0.455. The summed E-state index contributed by atoms with van der Waals surface area (Å²) >= 11 is 1.59. The second kappa shape index (κ2) is 7.72. The SMILES string of the molecule is CCNc1cc(NC2CCCCCC2C)nc(SC)n1. The third kappa shape index (κ3) is 4.27. The summed E-state index contributed by atoms with van der Waals surface area (Å²) in [6.45, 7) is 5.32. The molecule has 2 rings (SSSR count). The van der Waals surface area contributed by atoms with Gasteiger partial charge in [0.2, 0.25) is 0 Å². The summed E-state index contributed by atoms with van der Waals surface area (Å²) in [7, 11) is 0. The second-order valence-electron chi connectivity index (χ2n) is 5.52. The van der Waals surface area contributed by atoms with Crippen LogP contribution in [-0.2, 0) is 0 Å². The molecule has 1 aliphatic rings. The summed E-state index contributed by atoms with van der Waals surface area (Å²) < 4.78 is 0. The van der Waals surface area contributed by atoms with Gasteiger partial charge in [-0.2, -0.15) is 0 Å². The summed E-state index contributed by atoms with van der Waals surface area (Å²) in [5.74, 6) is 2.59. The first-order valence-corrected chi connectivity index (χ1v) is 8.89. The molecule has 1 heterocycles. The third-order valence-corrected chi connectivity index (χ3v) is 4.49. The molecule has 0 aliphatic heterocycles. The highest BCUT2D eigenvalue weighted by Crippen LogP contribution is 2.26. The van der Waals surface area contributed by atoms with Crippen molar-refractivity contribution in [1.29, 1.82) is 0 Å². The van der Waals surface area contributed by atoms with Crippen molar-refractivity contribution in [3.05, 3.63) is 6.07 Å². The topological polar surface area (TPSA) is 49.8 Å². The maximum atomic E-state index is 4.59. The Labute approximate surface area is 126 Å². The molecule has 0 aromatic carbocycles. The number of hydrogen-bond donors (Lipinski definition) is 2. The van der Waals surface area contributed by atoms with Crippen LogP contribution in [0.25, 0.3) is 0 Å². The molecule has 1 aliphatic carbocycles. The zero-order chi connectivity index (χ0) is 14.4. The fourth-order valence-corrected chi connectivity index (χ4v) is 3.14. The van der Waals surface area contributed by atoms with E-state index in [1.54, 1.807) is 11.8 Å². The average Bonchev–Trinajstić information content (AvgIpc) is 2.64. The van der Waals surface area contributed by atoms with Crippen LogP contribution in [0.4, 0.5) is 11.6 Å². The minimum atomic E-state index is 0.539. The van der Waals surface area contributed by atoms with Crippen molar-refractivity contribution in [2.45, 2.75) is 57.1 Å². The van der Waals surface area contributed by atoms with E-state index in [4.69, 9.17) is 0 Å². The van der Waals surface area contributed by atoms with Gasteiger partial charge in [0.1, 0.15) is 11.6 Å². The maximum absolute atomic E-state index is 4.59. The minimum absolute atomic E-state index is 0.539. The van der Waals surface area contributed by atoms with Crippen molar-refractivity contribution < 1.29 is 0 Å². The smallest absolute Gasteiger partial charge is 0.191 e. The number of nitrogens with zero attached hydrogens (tertiary/aromatic N) is 2. The predicted molar refractivity (Wildman–Crippen MR) is 87.6 cm³/mol. The molecule has 0 amide bonds. The largest absolute Gasteiger partial charge is 0.370 e. The Kier molecular flexibility index (Phi) is 5.95. The van der Waals surface area contributed by atoms with Crippen LogP contribution in [0.3, 0.4) is 0 Å². The molecule has 4 nitrogen and oxygen atoms in total. The van der Waals surface area contributed by atoms with E-state index in [-0.39, 0.29) is 0 Å². The average molecular weight is 294 g/mol. The van der Waals surface area contributed by atoms with Crippen molar-refractivity contribution in [3.8, 4) is 0 Å². The van der Waals surface area contributed by atoms with Gasteiger partial charge in [-0.15, -0.1) is 0 Å². The third-order valence-electron chi connectivity index (χ3n) is 3.94. The number of thioether (sulfide) groups is 1. The predicted octanol–water partition coefficient (Wildman–Crippen LogP) is 4.01. The lowest BCUT2D eigenvalue weighted by atomic mass is 9.97. The van der Waals surface area contributed by atoms with Gasteiger partial charge in [0, 0.05) is 18.7 Å². The van der Waals surface area contributed by atoms with E-state index in [9.17, 15) is 0 Å². The molecule has 0 saturated heterocycles. The molecule has 20 heavy (non-hydrogen) atoms. The number of nitrogens with one attached hydrogen (secondary N) is 2. The zero-order valence-electron chi connectivity index (χ0n) is 12.8. The van der Waals surface area contributed by atoms with E-state index in [0.29, 0.717) is 12.0 Å². The molecule has 0 bridgehead atoms. The van der Waals surface area contributed by atoms with Gasteiger partial charge in [-0.1, -0.05) is 37.9 Å². The standard InChI is InChI=1S/C15H26N4S/c1-4-16-13-10-14(19-15(18-13)20-3)17-12-9-7-5-6-8-11(12)2/h10-12H,4-9H2,1-3H3,(H2,16,17,18,19). The van der Waals surface area contributed by atoms with Crippen molar-refractivity contribution in [3.63, 3.8) is 0 Å². The molecular formula is C15H26N4S. The van der Waals surface area contributed by atoms with Gasteiger partial charge in [0.25, 0.3) is 0 Å². The lowest BCUT2D eigenvalue weighted by Crippen LogP contribution is -2.27. The Morgan fingerprint density at radius 1 is 1.20 bits per heavy atom. The van der Waals surface area contributed by atoms with Crippen LogP contribution >= 0.6 is 11.8 Å². The Bertz CT molecular complexity index is 424. The van der Waals surface area contributed by atoms with E-state index in [0.717, 1.165) is 23.3 Å². The van der Waals surface area contributed by atoms with Crippen molar-refractivity contribution in [2.75, 3.05) is 23.4 Å². The first-order chi connectivity index (χ1) is 9.72. The van der Waals surface area contributed by atoms with Gasteiger partial charge in [-0.05, 0) is 31.9 Å².